The number of aromatic nitrogens is 3. The maximum absolute atomic E-state index is 11.7. The first-order valence-corrected chi connectivity index (χ1v) is 5.60. The van der Waals surface area contributed by atoms with Crippen LogP contribution in [0.2, 0.25) is 0 Å². The fraction of sp³-hybridized carbons (Fsp3) is 0.500. The van der Waals surface area contributed by atoms with E-state index in [2.05, 4.69) is 20.5 Å². The fourth-order valence-electron chi connectivity index (χ4n) is 1.30. The van der Waals surface area contributed by atoms with E-state index in [1.54, 1.807) is 0 Å². The molecule has 1 rings (SSSR count). The summed E-state index contributed by atoms with van der Waals surface area (Å²) >= 11 is 0. The monoisotopic (exact) mass is 270 g/mol. The number of carboxylic acids is 2. The van der Waals surface area contributed by atoms with Gasteiger partial charge in [-0.3, -0.25) is 14.7 Å². The zero-order valence-corrected chi connectivity index (χ0v) is 10.2. The standard InChI is InChI=1S/C10H14N4O5/c1-2-6-12-8(14-13-6)9(17)11-5(10(18)19)3-4-7(15)16/h5H,2-4H2,1H3,(H,11,17)(H,15,16)(H,18,19)(H,12,13,14). The molecule has 1 amide bonds. The Morgan fingerprint density at radius 2 is 2.05 bits per heavy atom. The van der Waals surface area contributed by atoms with Gasteiger partial charge in [-0.2, -0.15) is 0 Å². The van der Waals surface area contributed by atoms with E-state index in [1.165, 1.54) is 0 Å². The smallest absolute Gasteiger partial charge is 0.326 e. The van der Waals surface area contributed by atoms with E-state index in [0.717, 1.165) is 0 Å². The fourth-order valence-corrected chi connectivity index (χ4v) is 1.30. The quantitative estimate of drug-likeness (QED) is 0.518. The van der Waals surface area contributed by atoms with E-state index >= 15 is 0 Å². The van der Waals surface area contributed by atoms with Crippen LogP contribution in [-0.2, 0) is 16.0 Å². The molecule has 0 saturated heterocycles. The molecule has 0 aliphatic heterocycles. The van der Waals surface area contributed by atoms with Crippen LogP contribution in [-0.4, -0.2) is 49.3 Å². The van der Waals surface area contributed by atoms with Crippen LogP contribution in [0.25, 0.3) is 0 Å². The Bertz CT molecular complexity index is 484. The molecule has 0 spiro atoms. The maximum Gasteiger partial charge on any atom is 0.326 e. The van der Waals surface area contributed by atoms with Crippen molar-refractivity contribution in [2.45, 2.75) is 32.2 Å². The van der Waals surface area contributed by atoms with Gasteiger partial charge in [0.15, 0.2) is 0 Å². The molecule has 19 heavy (non-hydrogen) atoms. The van der Waals surface area contributed by atoms with Gasteiger partial charge in [-0.1, -0.05) is 6.92 Å². The summed E-state index contributed by atoms with van der Waals surface area (Å²) in [6.07, 6.45) is -0.00539. The number of carbonyl (C=O) groups excluding carboxylic acids is 1. The minimum absolute atomic E-state index is 0.168. The highest BCUT2D eigenvalue weighted by Crippen LogP contribution is 2.00. The number of H-pyrrole nitrogens is 1. The highest BCUT2D eigenvalue weighted by Gasteiger charge is 2.23. The Balaban J connectivity index is 2.65. The minimum atomic E-state index is -1.30. The molecule has 0 fully saturated rings. The molecule has 9 nitrogen and oxygen atoms in total. The summed E-state index contributed by atoms with van der Waals surface area (Å²) in [6.45, 7) is 1.81. The highest BCUT2D eigenvalue weighted by atomic mass is 16.4. The number of hydrogen-bond acceptors (Lipinski definition) is 5. The Labute approximate surface area is 108 Å². The predicted molar refractivity (Wildman–Crippen MR) is 61.5 cm³/mol. The molecule has 1 unspecified atom stereocenters. The molecule has 9 heteroatoms. The Kier molecular flexibility index (Phi) is 4.98. The van der Waals surface area contributed by atoms with Crippen molar-refractivity contribution in [1.82, 2.24) is 20.5 Å². The largest absolute Gasteiger partial charge is 0.481 e. The number of nitrogens with zero attached hydrogens (tertiary/aromatic N) is 2. The van der Waals surface area contributed by atoms with E-state index in [0.29, 0.717) is 12.2 Å². The molecule has 104 valence electrons. The second kappa shape index (κ2) is 6.47. The van der Waals surface area contributed by atoms with Crippen molar-refractivity contribution in [2.24, 2.45) is 0 Å². The Hall–Kier alpha value is -2.45. The number of hydrogen-bond donors (Lipinski definition) is 4. The number of amides is 1. The van der Waals surface area contributed by atoms with Crippen LogP contribution < -0.4 is 5.32 Å². The average molecular weight is 270 g/mol. The van der Waals surface area contributed by atoms with Gasteiger partial charge in [0.05, 0.1) is 0 Å². The van der Waals surface area contributed by atoms with E-state index < -0.39 is 23.9 Å². The molecule has 0 saturated carbocycles. The van der Waals surface area contributed by atoms with Crippen LogP contribution in [0.5, 0.6) is 0 Å². The third kappa shape index (κ3) is 4.37. The van der Waals surface area contributed by atoms with Gasteiger partial charge in [-0.05, 0) is 6.42 Å². The predicted octanol–water partition coefficient (Wildman–Crippen LogP) is -0.585. The zero-order chi connectivity index (χ0) is 14.4. The molecule has 0 radical (unpaired) electrons. The first-order valence-electron chi connectivity index (χ1n) is 5.60. The first-order chi connectivity index (χ1) is 8.93. The SMILES string of the molecule is CCc1nc(C(=O)NC(CCC(=O)O)C(=O)O)n[nH]1. The topological polar surface area (TPSA) is 145 Å². The van der Waals surface area contributed by atoms with Crippen molar-refractivity contribution >= 4 is 17.8 Å². The van der Waals surface area contributed by atoms with Gasteiger partial charge in [-0.15, -0.1) is 5.10 Å². The number of aliphatic carboxylic acids is 2. The normalized spacial score (nSPS) is 11.8. The number of carbonyl (C=O) groups is 3. The van der Waals surface area contributed by atoms with Crippen LogP contribution in [0, 0.1) is 0 Å². The molecular weight excluding hydrogens is 256 g/mol. The van der Waals surface area contributed by atoms with Gasteiger partial charge in [0.1, 0.15) is 11.9 Å². The van der Waals surface area contributed by atoms with E-state index in [9.17, 15) is 14.4 Å². The summed E-state index contributed by atoms with van der Waals surface area (Å²) in [5, 5.41) is 25.7. The van der Waals surface area contributed by atoms with Crippen molar-refractivity contribution < 1.29 is 24.6 Å². The molecule has 1 aromatic rings. The van der Waals surface area contributed by atoms with Crippen LogP contribution in [0.1, 0.15) is 36.2 Å². The van der Waals surface area contributed by atoms with Crippen molar-refractivity contribution in [3.8, 4) is 0 Å². The molecule has 0 aliphatic rings. The van der Waals surface area contributed by atoms with Crippen molar-refractivity contribution in [2.75, 3.05) is 0 Å². The van der Waals surface area contributed by atoms with Gasteiger partial charge >= 0.3 is 11.9 Å². The lowest BCUT2D eigenvalue weighted by Crippen LogP contribution is -2.41. The van der Waals surface area contributed by atoms with Crippen LogP contribution in [0.15, 0.2) is 0 Å². The number of aromatic amines is 1. The maximum atomic E-state index is 11.7. The summed E-state index contributed by atoms with van der Waals surface area (Å²) < 4.78 is 0. The third-order valence-electron chi connectivity index (χ3n) is 2.32. The number of rotatable bonds is 7. The van der Waals surface area contributed by atoms with Crippen molar-refractivity contribution in [3.05, 3.63) is 11.6 Å². The van der Waals surface area contributed by atoms with Crippen LogP contribution in [0.4, 0.5) is 0 Å². The van der Waals surface area contributed by atoms with Crippen molar-refractivity contribution in [3.63, 3.8) is 0 Å². The average Bonchev–Trinajstić information content (AvgIpc) is 2.82. The Morgan fingerprint density at radius 1 is 1.37 bits per heavy atom. The highest BCUT2D eigenvalue weighted by molar-refractivity contribution is 5.93. The molecular formula is C10H14N4O5. The van der Waals surface area contributed by atoms with Gasteiger partial charge in [0, 0.05) is 12.8 Å². The molecule has 4 N–H and O–H groups in total. The number of nitrogens with one attached hydrogen (secondary N) is 2. The summed E-state index contributed by atoms with van der Waals surface area (Å²) in [4.78, 5) is 36.8. The summed E-state index contributed by atoms with van der Waals surface area (Å²) in [5.41, 5.74) is 0. The lowest BCUT2D eigenvalue weighted by molar-refractivity contribution is -0.140. The molecule has 0 aliphatic carbocycles. The van der Waals surface area contributed by atoms with Crippen LogP contribution in [0.3, 0.4) is 0 Å². The van der Waals surface area contributed by atoms with Crippen molar-refractivity contribution in [1.29, 1.82) is 0 Å². The summed E-state index contributed by atoms with van der Waals surface area (Å²) in [6, 6.07) is -1.29. The van der Waals surface area contributed by atoms with Gasteiger partial charge in [-0.25, -0.2) is 9.78 Å². The molecule has 0 bridgehead atoms. The van der Waals surface area contributed by atoms with Gasteiger partial charge in [0.25, 0.3) is 5.91 Å². The van der Waals surface area contributed by atoms with E-state index in [1.807, 2.05) is 6.92 Å². The van der Waals surface area contributed by atoms with Crippen LogP contribution >= 0.6 is 0 Å². The molecule has 1 atom stereocenters. The number of aryl methyl sites for hydroxylation is 1. The van der Waals surface area contributed by atoms with E-state index in [-0.39, 0.29) is 18.7 Å². The van der Waals surface area contributed by atoms with E-state index in [4.69, 9.17) is 10.2 Å². The first kappa shape index (κ1) is 14.6. The molecule has 0 aromatic carbocycles. The summed E-state index contributed by atoms with van der Waals surface area (Å²) in [7, 11) is 0. The van der Waals surface area contributed by atoms with Gasteiger partial charge in [0.2, 0.25) is 5.82 Å². The Morgan fingerprint density at radius 3 is 2.53 bits per heavy atom. The second-order valence-corrected chi connectivity index (χ2v) is 3.76. The third-order valence-corrected chi connectivity index (χ3v) is 2.32. The minimum Gasteiger partial charge on any atom is -0.481 e. The lowest BCUT2D eigenvalue weighted by Gasteiger charge is -2.11. The number of carboxylic acid groups (broad SMARTS) is 2. The van der Waals surface area contributed by atoms with Gasteiger partial charge < -0.3 is 15.5 Å². The molecule has 1 heterocycles. The second-order valence-electron chi connectivity index (χ2n) is 3.76. The zero-order valence-electron chi connectivity index (χ0n) is 10.2. The summed E-state index contributed by atoms with van der Waals surface area (Å²) in [5.74, 6) is -2.86. The lowest BCUT2D eigenvalue weighted by atomic mass is 10.1. The molecule has 1 aromatic heterocycles.